The molecule has 4 rings (SSSR count). The minimum Gasteiger partial charge on any atom is -0.354 e. The summed E-state index contributed by atoms with van der Waals surface area (Å²) in [6.45, 7) is 0. The number of fused-ring (bicyclic) bond motifs is 1. The van der Waals surface area contributed by atoms with E-state index in [9.17, 15) is 0 Å². The Bertz CT molecular complexity index is 926. The van der Waals surface area contributed by atoms with Gasteiger partial charge in [0.2, 0.25) is 0 Å². The molecule has 2 N–H and O–H groups in total. The van der Waals surface area contributed by atoms with Crippen molar-refractivity contribution >= 4 is 22.4 Å². The first-order chi connectivity index (χ1) is 11.4. The monoisotopic (exact) mass is 299 g/mol. The van der Waals surface area contributed by atoms with Crippen molar-refractivity contribution in [1.82, 2.24) is 9.97 Å². The lowest BCUT2D eigenvalue weighted by atomic mass is 10.0. The van der Waals surface area contributed by atoms with Crippen LogP contribution in [0, 0.1) is 0 Å². The van der Waals surface area contributed by atoms with Crippen LogP contribution in [0.2, 0.25) is 0 Å². The van der Waals surface area contributed by atoms with Gasteiger partial charge in [-0.3, -0.25) is 0 Å². The normalized spacial score (nSPS) is 10.8. The minimum atomic E-state index is 0.899. The molecule has 0 aliphatic carbocycles. The van der Waals surface area contributed by atoms with Gasteiger partial charge < -0.3 is 10.3 Å². The molecule has 0 saturated heterocycles. The summed E-state index contributed by atoms with van der Waals surface area (Å²) in [5.41, 5.74) is 5.64. The van der Waals surface area contributed by atoms with Gasteiger partial charge in [0.15, 0.2) is 0 Å². The first-order valence-corrected chi connectivity index (χ1v) is 7.70. The van der Waals surface area contributed by atoms with Crippen molar-refractivity contribution in [2.75, 3.05) is 5.32 Å². The number of aromatic nitrogens is 2. The fraction of sp³-hybridized carbons (Fsp3) is 0.0500. The van der Waals surface area contributed by atoms with Crippen LogP contribution in [0.1, 0.15) is 11.1 Å². The van der Waals surface area contributed by atoms with Crippen LogP contribution in [0.5, 0.6) is 0 Å². The average Bonchev–Trinajstić information content (AvgIpc) is 2.99. The van der Waals surface area contributed by atoms with Gasteiger partial charge in [-0.15, -0.1) is 0 Å². The van der Waals surface area contributed by atoms with E-state index >= 15 is 0 Å². The molecule has 0 aliphatic rings. The molecule has 23 heavy (non-hydrogen) atoms. The Morgan fingerprint density at radius 3 is 2.65 bits per heavy atom. The van der Waals surface area contributed by atoms with Crippen LogP contribution in [-0.4, -0.2) is 9.97 Å². The van der Waals surface area contributed by atoms with Gasteiger partial charge in [-0.25, -0.2) is 4.98 Å². The predicted octanol–water partition coefficient (Wildman–Crippen LogP) is 4.90. The van der Waals surface area contributed by atoms with E-state index in [1.807, 2.05) is 18.3 Å². The summed E-state index contributed by atoms with van der Waals surface area (Å²) < 4.78 is 0. The third kappa shape index (κ3) is 2.94. The molecule has 3 heteroatoms. The number of H-pyrrole nitrogens is 1. The second-order valence-corrected chi connectivity index (χ2v) is 5.59. The molecule has 2 aromatic carbocycles. The lowest BCUT2D eigenvalue weighted by molar-refractivity contribution is 1.19. The maximum absolute atomic E-state index is 4.32. The van der Waals surface area contributed by atoms with E-state index < -0.39 is 0 Å². The molecule has 0 unspecified atom stereocenters. The molecule has 0 spiro atoms. The topological polar surface area (TPSA) is 40.7 Å². The third-order valence-electron chi connectivity index (χ3n) is 3.91. The predicted molar refractivity (Wildman–Crippen MR) is 95.1 cm³/mol. The van der Waals surface area contributed by atoms with Gasteiger partial charge in [0, 0.05) is 23.5 Å². The quantitative estimate of drug-likeness (QED) is 0.563. The van der Waals surface area contributed by atoms with Crippen LogP contribution >= 0.6 is 0 Å². The highest BCUT2D eigenvalue weighted by atomic mass is 14.9. The molecule has 2 aromatic heterocycles. The van der Waals surface area contributed by atoms with Crippen molar-refractivity contribution < 1.29 is 0 Å². The van der Waals surface area contributed by atoms with Crippen LogP contribution in [-0.2, 0) is 6.42 Å². The summed E-state index contributed by atoms with van der Waals surface area (Å²) in [5.74, 6) is 0. The zero-order valence-corrected chi connectivity index (χ0v) is 12.7. The van der Waals surface area contributed by atoms with Gasteiger partial charge in [0.05, 0.1) is 5.69 Å². The van der Waals surface area contributed by atoms with Gasteiger partial charge in [0.25, 0.3) is 0 Å². The SMILES string of the molecule is c1ccc(Cc2cccc(Nc3c[nH]c4ncccc34)c2)cc1. The fourth-order valence-electron chi connectivity index (χ4n) is 2.81. The Hall–Kier alpha value is -3.07. The second kappa shape index (κ2) is 5.97. The van der Waals surface area contributed by atoms with E-state index in [4.69, 9.17) is 0 Å². The Kier molecular flexibility index (Phi) is 3.53. The van der Waals surface area contributed by atoms with Crippen LogP contribution < -0.4 is 5.32 Å². The molecule has 2 heterocycles. The van der Waals surface area contributed by atoms with Crippen molar-refractivity contribution in [3.05, 3.63) is 90.3 Å². The highest BCUT2D eigenvalue weighted by molar-refractivity contribution is 5.91. The number of nitrogens with one attached hydrogen (secondary N) is 2. The Labute approximate surface area is 135 Å². The molecule has 0 saturated carbocycles. The van der Waals surface area contributed by atoms with E-state index in [1.54, 1.807) is 6.20 Å². The van der Waals surface area contributed by atoms with Gasteiger partial charge in [-0.1, -0.05) is 42.5 Å². The maximum Gasteiger partial charge on any atom is 0.139 e. The van der Waals surface area contributed by atoms with E-state index in [1.165, 1.54) is 11.1 Å². The summed E-state index contributed by atoms with van der Waals surface area (Å²) >= 11 is 0. The standard InChI is InChI=1S/C20H17N3/c1-2-6-15(7-3-1)12-16-8-4-9-17(13-16)23-19-14-22-20-18(19)10-5-11-21-20/h1-11,13-14,23H,12H2,(H,21,22). The number of anilines is 2. The number of benzene rings is 2. The molecule has 0 radical (unpaired) electrons. The van der Waals surface area contributed by atoms with Gasteiger partial charge >= 0.3 is 0 Å². The molecule has 0 bridgehead atoms. The third-order valence-corrected chi connectivity index (χ3v) is 3.91. The zero-order valence-electron chi connectivity index (χ0n) is 12.7. The number of hydrogen-bond acceptors (Lipinski definition) is 2. The van der Waals surface area contributed by atoms with Crippen LogP contribution in [0.15, 0.2) is 79.1 Å². The summed E-state index contributed by atoms with van der Waals surface area (Å²) in [5, 5.41) is 4.58. The molecule has 0 atom stereocenters. The summed E-state index contributed by atoms with van der Waals surface area (Å²) in [6.07, 6.45) is 4.69. The lowest BCUT2D eigenvalue weighted by Crippen LogP contribution is -1.92. The molecule has 0 fully saturated rings. The fourth-order valence-corrected chi connectivity index (χ4v) is 2.81. The van der Waals surface area contributed by atoms with Gasteiger partial charge in [0.1, 0.15) is 5.65 Å². The van der Waals surface area contributed by atoms with Crippen molar-refractivity contribution in [3.8, 4) is 0 Å². The number of nitrogens with zero attached hydrogens (tertiary/aromatic N) is 1. The van der Waals surface area contributed by atoms with Crippen LogP contribution in [0.25, 0.3) is 11.0 Å². The summed E-state index contributed by atoms with van der Waals surface area (Å²) in [4.78, 5) is 7.51. The van der Waals surface area contributed by atoms with Crippen molar-refractivity contribution in [1.29, 1.82) is 0 Å². The first-order valence-electron chi connectivity index (χ1n) is 7.70. The Morgan fingerprint density at radius 1 is 0.870 bits per heavy atom. The van der Waals surface area contributed by atoms with E-state index in [0.717, 1.165) is 28.8 Å². The molecular formula is C20H17N3. The molecule has 4 aromatic rings. The van der Waals surface area contributed by atoms with Crippen LogP contribution in [0.3, 0.4) is 0 Å². The van der Waals surface area contributed by atoms with Crippen LogP contribution in [0.4, 0.5) is 11.4 Å². The van der Waals surface area contributed by atoms with E-state index in [2.05, 4.69) is 69.9 Å². The lowest BCUT2D eigenvalue weighted by Gasteiger charge is -2.08. The Balaban J connectivity index is 1.59. The highest BCUT2D eigenvalue weighted by Crippen LogP contribution is 2.25. The maximum atomic E-state index is 4.32. The minimum absolute atomic E-state index is 0.899. The average molecular weight is 299 g/mol. The first kappa shape index (κ1) is 13.6. The largest absolute Gasteiger partial charge is 0.354 e. The molecule has 3 nitrogen and oxygen atoms in total. The summed E-state index contributed by atoms with van der Waals surface area (Å²) in [7, 11) is 0. The number of hydrogen-bond donors (Lipinski definition) is 2. The zero-order chi connectivity index (χ0) is 15.5. The van der Waals surface area contributed by atoms with Crippen molar-refractivity contribution in [2.45, 2.75) is 6.42 Å². The second-order valence-electron chi connectivity index (χ2n) is 5.59. The van der Waals surface area contributed by atoms with E-state index in [0.29, 0.717) is 0 Å². The molecule has 0 amide bonds. The van der Waals surface area contributed by atoms with Crippen molar-refractivity contribution in [2.24, 2.45) is 0 Å². The summed E-state index contributed by atoms with van der Waals surface area (Å²) in [6, 6.07) is 23.1. The molecule has 0 aliphatic heterocycles. The smallest absolute Gasteiger partial charge is 0.139 e. The highest BCUT2D eigenvalue weighted by Gasteiger charge is 2.04. The van der Waals surface area contributed by atoms with Crippen molar-refractivity contribution in [3.63, 3.8) is 0 Å². The Morgan fingerprint density at radius 2 is 1.74 bits per heavy atom. The van der Waals surface area contributed by atoms with Gasteiger partial charge in [-0.2, -0.15) is 0 Å². The van der Waals surface area contributed by atoms with Gasteiger partial charge in [-0.05, 0) is 41.8 Å². The number of aromatic amines is 1. The molecular weight excluding hydrogens is 282 g/mol. The molecule has 112 valence electrons. The number of pyridine rings is 1. The van der Waals surface area contributed by atoms with E-state index in [-0.39, 0.29) is 0 Å². The number of rotatable bonds is 4.